The molecule has 1 aromatic rings. The number of aldehydes is 1. The van der Waals surface area contributed by atoms with Gasteiger partial charge in [0.2, 0.25) is 0 Å². The van der Waals surface area contributed by atoms with Crippen molar-refractivity contribution in [2.75, 3.05) is 11.9 Å². The fraction of sp³-hybridized carbons (Fsp3) is 0.636. The molecular weight excluding hydrogens is 208 g/mol. The van der Waals surface area contributed by atoms with Gasteiger partial charge in [-0.1, -0.05) is 30.6 Å². The van der Waals surface area contributed by atoms with Gasteiger partial charge in [0.15, 0.2) is 11.4 Å². The summed E-state index contributed by atoms with van der Waals surface area (Å²) in [6, 6.07) is 0.615. The van der Waals surface area contributed by atoms with Crippen LogP contribution in [-0.2, 0) is 0 Å². The first kappa shape index (κ1) is 10.6. The number of carbonyl (C=O) groups excluding carboxylic acids is 1. The van der Waals surface area contributed by atoms with E-state index in [1.807, 2.05) is 0 Å². The van der Waals surface area contributed by atoms with Gasteiger partial charge in [-0.25, -0.2) is 4.98 Å². The number of hydrogen-bond donors (Lipinski definition) is 0. The van der Waals surface area contributed by atoms with Crippen LogP contribution in [0, 0.1) is 0 Å². The highest BCUT2D eigenvalue weighted by molar-refractivity contribution is 7.17. The normalized spacial score (nSPS) is 17.7. The molecular formula is C11H16N2OS. The predicted octanol–water partition coefficient (Wildman–Crippen LogP) is 2.72. The van der Waals surface area contributed by atoms with E-state index in [9.17, 15) is 4.79 Å². The fourth-order valence-corrected chi connectivity index (χ4v) is 2.88. The van der Waals surface area contributed by atoms with Crippen molar-refractivity contribution >= 4 is 22.8 Å². The molecule has 0 atom stereocenters. The van der Waals surface area contributed by atoms with Crippen molar-refractivity contribution in [3.63, 3.8) is 0 Å². The number of thiazole rings is 1. The molecule has 1 saturated carbocycles. The van der Waals surface area contributed by atoms with Gasteiger partial charge in [-0.05, 0) is 12.8 Å². The second-order valence-electron chi connectivity index (χ2n) is 4.07. The average Bonchev–Trinajstić information content (AvgIpc) is 2.78. The molecule has 15 heavy (non-hydrogen) atoms. The third-order valence-corrected chi connectivity index (χ3v) is 4.06. The van der Waals surface area contributed by atoms with Crippen molar-refractivity contribution < 1.29 is 4.79 Å². The third-order valence-electron chi connectivity index (χ3n) is 3.05. The first-order valence-electron chi connectivity index (χ1n) is 5.45. The molecule has 0 N–H and O–H groups in total. The van der Waals surface area contributed by atoms with Gasteiger partial charge < -0.3 is 4.90 Å². The number of anilines is 1. The molecule has 4 heteroatoms. The Hall–Kier alpha value is -0.900. The van der Waals surface area contributed by atoms with Crippen LogP contribution < -0.4 is 4.90 Å². The molecule has 0 bridgehead atoms. The van der Waals surface area contributed by atoms with Crippen LogP contribution in [0.25, 0.3) is 0 Å². The molecule has 0 saturated heterocycles. The van der Waals surface area contributed by atoms with Gasteiger partial charge in [0.05, 0.1) is 11.1 Å². The van der Waals surface area contributed by atoms with Crippen LogP contribution in [0.15, 0.2) is 6.20 Å². The summed E-state index contributed by atoms with van der Waals surface area (Å²) in [4.78, 5) is 17.8. The lowest BCUT2D eigenvalue weighted by atomic mass is 9.95. The molecule has 1 aliphatic rings. The molecule has 0 amide bonds. The second-order valence-corrected chi connectivity index (χ2v) is 5.11. The minimum Gasteiger partial charge on any atom is -0.348 e. The zero-order chi connectivity index (χ0) is 10.7. The van der Waals surface area contributed by atoms with Crippen LogP contribution in [-0.4, -0.2) is 24.4 Å². The van der Waals surface area contributed by atoms with Gasteiger partial charge >= 0.3 is 0 Å². The Balaban J connectivity index is 2.05. The zero-order valence-corrected chi connectivity index (χ0v) is 9.80. The third kappa shape index (κ3) is 2.37. The van der Waals surface area contributed by atoms with Gasteiger partial charge in [0, 0.05) is 13.1 Å². The summed E-state index contributed by atoms with van der Waals surface area (Å²) in [5, 5.41) is 0.976. The number of nitrogens with zero attached hydrogens (tertiary/aromatic N) is 2. The Morgan fingerprint density at radius 3 is 2.80 bits per heavy atom. The van der Waals surface area contributed by atoms with Crippen LogP contribution in [0.5, 0.6) is 0 Å². The molecule has 3 nitrogen and oxygen atoms in total. The summed E-state index contributed by atoms with van der Waals surface area (Å²) >= 11 is 1.48. The molecule has 1 aliphatic carbocycles. The molecule has 1 fully saturated rings. The van der Waals surface area contributed by atoms with E-state index in [0.29, 0.717) is 10.9 Å². The van der Waals surface area contributed by atoms with Crippen molar-refractivity contribution in [2.45, 2.75) is 38.1 Å². The highest BCUT2D eigenvalue weighted by Gasteiger charge is 2.20. The molecule has 0 aromatic carbocycles. The van der Waals surface area contributed by atoms with E-state index in [2.05, 4.69) is 16.9 Å². The average molecular weight is 224 g/mol. The van der Waals surface area contributed by atoms with E-state index < -0.39 is 0 Å². The molecule has 82 valence electrons. The number of rotatable bonds is 3. The SMILES string of the molecule is CN(c1ncc(C=O)s1)C1CCCCC1. The summed E-state index contributed by atoms with van der Waals surface area (Å²) in [6.45, 7) is 0. The first-order chi connectivity index (χ1) is 7.31. The van der Waals surface area contributed by atoms with Gasteiger partial charge in [-0.15, -0.1) is 0 Å². The van der Waals surface area contributed by atoms with E-state index in [0.717, 1.165) is 11.4 Å². The van der Waals surface area contributed by atoms with Crippen molar-refractivity contribution in [2.24, 2.45) is 0 Å². The summed E-state index contributed by atoms with van der Waals surface area (Å²) in [6.07, 6.45) is 9.05. The molecule has 0 radical (unpaired) electrons. The summed E-state index contributed by atoms with van der Waals surface area (Å²) in [5.41, 5.74) is 0. The molecule has 0 aliphatic heterocycles. The lowest BCUT2D eigenvalue weighted by Crippen LogP contribution is -2.33. The minimum atomic E-state index is 0.615. The van der Waals surface area contributed by atoms with Crippen molar-refractivity contribution in [1.82, 2.24) is 4.98 Å². The monoisotopic (exact) mass is 224 g/mol. The lowest BCUT2D eigenvalue weighted by molar-refractivity contribution is 0.112. The van der Waals surface area contributed by atoms with Gasteiger partial charge in [0.25, 0.3) is 0 Å². The zero-order valence-electron chi connectivity index (χ0n) is 8.98. The lowest BCUT2D eigenvalue weighted by Gasteiger charge is -2.30. The Labute approximate surface area is 94.1 Å². The number of aromatic nitrogens is 1. The van der Waals surface area contributed by atoms with E-state index in [-0.39, 0.29) is 0 Å². The molecule has 1 aromatic heterocycles. The van der Waals surface area contributed by atoms with Gasteiger partial charge in [-0.3, -0.25) is 4.79 Å². The maximum Gasteiger partial charge on any atom is 0.185 e. The second kappa shape index (κ2) is 4.75. The van der Waals surface area contributed by atoms with E-state index in [4.69, 9.17) is 0 Å². The predicted molar refractivity (Wildman–Crippen MR) is 62.8 cm³/mol. The quantitative estimate of drug-likeness (QED) is 0.740. The van der Waals surface area contributed by atoms with Crippen LogP contribution in [0.1, 0.15) is 41.8 Å². The number of carbonyl (C=O) groups is 1. The minimum absolute atomic E-state index is 0.615. The Bertz CT molecular complexity index is 331. The molecule has 0 spiro atoms. The first-order valence-corrected chi connectivity index (χ1v) is 6.27. The smallest absolute Gasteiger partial charge is 0.185 e. The molecule has 1 heterocycles. The van der Waals surface area contributed by atoms with Crippen LogP contribution >= 0.6 is 11.3 Å². The maximum absolute atomic E-state index is 10.6. The van der Waals surface area contributed by atoms with Crippen molar-refractivity contribution in [3.05, 3.63) is 11.1 Å². The summed E-state index contributed by atoms with van der Waals surface area (Å²) in [7, 11) is 2.09. The Kier molecular flexibility index (Phi) is 3.36. The molecule has 0 unspecified atom stereocenters. The van der Waals surface area contributed by atoms with Crippen LogP contribution in [0.4, 0.5) is 5.13 Å². The van der Waals surface area contributed by atoms with Crippen molar-refractivity contribution in [3.8, 4) is 0 Å². The van der Waals surface area contributed by atoms with Crippen molar-refractivity contribution in [1.29, 1.82) is 0 Å². The standard InChI is InChI=1S/C11H16N2OS/c1-13(9-5-3-2-4-6-9)11-12-7-10(8-14)15-11/h7-9H,2-6H2,1H3. The van der Waals surface area contributed by atoms with Gasteiger partial charge in [-0.2, -0.15) is 0 Å². The summed E-state index contributed by atoms with van der Waals surface area (Å²) in [5.74, 6) is 0. The topological polar surface area (TPSA) is 33.2 Å². The van der Waals surface area contributed by atoms with Crippen LogP contribution in [0.2, 0.25) is 0 Å². The van der Waals surface area contributed by atoms with Crippen LogP contribution in [0.3, 0.4) is 0 Å². The summed E-state index contributed by atoms with van der Waals surface area (Å²) < 4.78 is 0. The Morgan fingerprint density at radius 2 is 2.20 bits per heavy atom. The largest absolute Gasteiger partial charge is 0.348 e. The fourth-order valence-electron chi connectivity index (χ4n) is 2.12. The van der Waals surface area contributed by atoms with E-state index in [1.165, 1.54) is 43.4 Å². The molecule has 2 rings (SSSR count). The highest BCUT2D eigenvalue weighted by atomic mass is 32.1. The van der Waals surface area contributed by atoms with E-state index in [1.54, 1.807) is 6.20 Å². The van der Waals surface area contributed by atoms with Gasteiger partial charge in [0.1, 0.15) is 0 Å². The highest BCUT2D eigenvalue weighted by Crippen LogP contribution is 2.28. The Morgan fingerprint density at radius 1 is 1.47 bits per heavy atom. The maximum atomic E-state index is 10.6. The van der Waals surface area contributed by atoms with E-state index >= 15 is 0 Å². The number of hydrogen-bond acceptors (Lipinski definition) is 4.